The highest BCUT2D eigenvalue weighted by Gasteiger charge is 1.99. The van der Waals surface area contributed by atoms with Gasteiger partial charge < -0.3 is 10.3 Å². The summed E-state index contributed by atoms with van der Waals surface area (Å²) in [4.78, 5) is 10.9. The van der Waals surface area contributed by atoms with Gasteiger partial charge in [-0.1, -0.05) is 11.3 Å². The lowest BCUT2D eigenvalue weighted by atomic mass is 10.3. The second kappa shape index (κ2) is 2.98. The van der Waals surface area contributed by atoms with Crippen LogP contribution >= 0.6 is 11.3 Å². The molecule has 0 bridgehead atoms. The van der Waals surface area contributed by atoms with Gasteiger partial charge in [0, 0.05) is 24.5 Å². The molecule has 0 spiro atoms. The van der Waals surface area contributed by atoms with Gasteiger partial charge in [-0.25, -0.2) is 0 Å². The maximum absolute atomic E-state index is 10.9. The quantitative estimate of drug-likeness (QED) is 0.656. The Morgan fingerprint density at radius 1 is 1.80 bits per heavy atom. The van der Waals surface area contributed by atoms with E-state index in [1.165, 1.54) is 11.3 Å². The molecule has 56 valence electrons. The van der Waals surface area contributed by atoms with Gasteiger partial charge >= 0.3 is 4.87 Å². The van der Waals surface area contributed by atoms with E-state index in [-0.39, 0.29) is 4.87 Å². The van der Waals surface area contributed by atoms with Gasteiger partial charge in [0.15, 0.2) is 0 Å². The van der Waals surface area contributed by atoms with Gasteiger partial charge in [-0.2, -0.15) is 0 Å². The Morgan fingerprint density at radius 2 is 2.50 bits per heavy atom. The highest BCUT2D eigenvalue weighted by molar-refractivity contribution is 7.07. The number of hydrogen-bond donors (Lipinski definition) is 1. The van der Waals surface area contributed by atoms with Crippen LogP contribution in [0.15, 0.2) is 10.2 Å². The van der Waals surface area contributed by atoms with Crippen molar-refractivity contribution in [2.45, 2.75) is 6.42 Å². The molecule has 0 saturated heterocycles. The summed E-state index contributed by atoms with van der Waals surface area (Å²) in [6, 6.07) is 0. The molecule has 3 nitrogen and oxygen atoms in total. The van der Waals surface area contributed by atoms with Crippen molar-refractivity contribution in [3.05, 3.63) is 20.7 Å². The van der Waals surface area contributed by atoms with Crippen molar-refractivity contribution in [3.8, 4) is 0 Å². The first kappa shape index (κ1) is 7.50. The average molecular weight is 158 g/mol. The normalized spacial score (nSPS) is 10.2. The van der Waals surface area contributed by atoms with Gasteiger partial charge in [0.05, 0.1) is 0 Å². The fourth-order valence-corrected chi connectivity index (χ4v) is 1.56. The van der Waals surface area contributed by atoms with Gasteiger partial charge in [0.2, 0.25) is 0 Å². The summed E-state index contributed by atoms with van der Waals surface area (Å²) in [7, 11) is 1.77. The predicted molar refractivity (Wildman–Crippen MR) is 42.3 cm³/mol. The highest BCUT2D eigenvalue weighted by Crippen LogP contribution is 1.98. The minimum Gasteiger partial charge on any atom is -0.330 e. The molecular weight excluding hydrogens is 148 g/mol. The molecule has 10 heavy (non-hydrogen) atoms. The van der Waals surface area contributed by atoms with Gasteiger partial charge in [0.1, 0.15) is 0 Å². The van der Waals surface area contributed by atoms with Crippen LogP contribution in [-0.2, 0) is 13.5 Å². The number of aromatic nitrogens is 1. The van der Waals surface area contributed by atoms with Crippen LogP contribution in [-0.4, -0.2) is 11.1 Å². The lowest BCUT2D eigenvalue weighted by Gasteiger charge is -1.96. The van der Waals surface area contributed by atoms with E-state index < -0.39 is 0 Å². The third kappa shape index (κ3) is 1.27. The van der Waals surface area contributed by atoms with Crippen molar-refractivity contribution in [3.63, 3.8) is 0 Å². The van der Waals surface area contributed by atoms with Crippen LogP contribution in [0.4, 0.5) is 0 Å². The van der Waals surface area contributed by atoms with E-state index >= 15 is 0 Å². The predicted octanol–water partition coefficient (Wildman–Crippen LogP) is -0.0520. The molecule has 4 heteroatoms. The number of hydrogen-bond acceptors (Lipinski definition) is 3. The zero-order chi connectivity index (χ0) is 7.56. The largest absolute Gasteiger partial charge is 0.330 e. The van der Waals surface area contributed by atoms with Crippen LogP contribution in [0.2, 0.25) is 0 Å². The van der Waals surface area contributed by atoms with Crippen molar-refractivity contribution in [2.75, 3.05) is 6.54 Å². The SMILES string of the molecule is Cn1c(CCN)csc1=O. The Morgan fingerprint density at radius 3 is 2.90 bits per heavy atom. The standard InChI is InChI=1S/C6H10N2OS/c1-8-5(2-3-7)4-10-6(8)9/h4H,2-3,7H2,1H3. The molecule has 0 radical (unpaired) electrons. The minimum atomic E-state index is 0.0865. The summed E-state index contributed by atoms with van der Waals surface area (Å²) in [6.07, 6.45) is 0.787. The molecule has 0 aliphatic rings. The fraction of sp³-hybridized carbons (Fsp3) is 0.500. The van der Waals surface area contributed by atoms with Crippen LogP contribution in [0.3, 0.4) is 0 Å². The average Bonchev–Trinajstić information content (AvgIpc) is 2.20. The van der Waals surface area contributed by atoms with Gasteiger partial charge in [-0.15, -0.1) is 0 Å². The Kier molecular flexibility index (Phi) is 2.24. The number of thiazole rings is 1. The Hall–Kier alpha value is -0.610. The molecule has 1 aromatic rings. The van der Waals surface area contributed by atoms with Crippen LogP contribution in [0.5, 0.6) is 0 Å². The van der Waals surface area contributed by atoms with Crippen LogP contribution in [0.1, 0.15) is 5.69 Å². The molecule has 0 atom stereocenters. The molecule has 0 aromatic carbocycles. The first-order valence-electron chi connectivity index (χ1n) is 3.09. The fourth-order valence-electron chi connectivity index (χ4n) is 0.768. The summed E-state index contributed by atoms with van der Waals surface area (Å²) < 4.78 is 1.64. The molecule has 0 fully saturated rings. The zero-order valence-corrected chi connectivity index (χ0v) is 6.65. The number of nitrogens with two attached hydrogens (primary N) is 1. The Balaban J connectivity index is 2.94. The minimum absolute atomic E-state index is 0.0865. The summed E-state index contributed by atoms with van der Waals surface area (Å²) in [5.74, 6) is 0. The van der Waals surface area contributed by atoms with Gasteiger partial charge in [-0.05, 0) is 6.54 Å². The smallest absolute Gasteiger partial charge is 0.307 e. The maximum Gasteiger partial charge on any atom is 0.307 e. The van der Waals surface area contributed by atoms with Crippen LogP contribution < -0.4 is 10.6 Å². The van der Waals surface area contributed by atoms with E-state index in [9.17, 15) is 4.79 Å². The summed E-state index contributed by atoms with van der Waals surface area (Å²) in [6.45, 7) is 0.601. The molecule has 0 amide bonds. The zero-order valence-electron chi connectivity index (χ0n) is 5.83. The first-order chi connectivity index (χ1) is 4.75. The van der Waals surface area contributed by atoms with Crippen molar-refractivity contribution < 1.29 is 0 Å². The van der Waals surface area contributed by atoms with Crippen molar-refractivity contribution in [2.24, 2.45) is 12.8 Å². The Bertz CT molecular complexity index is 263. The van der Waals surface area contributed by atoms with Crippen LogP contribution in [0, 0.1) is 0 Å². The lowest BCUT2D eigenvalue weighted by Crippen LogP contribution is -2.13. The Labute approximate surface area is 63.1 Å². The lowest BCUT2D eigenvalue weighted by molar-refractivity contribution is 0.788. The first-order valence-corrected chi connectivity index (χ1v) is 3.97. The topological polar surface area (TPSA) is 48.0 Å². The summed E-state index contributed by atoms with van der Waals surface area (Å²) in [5.41, 5.74) is 6.35. The maximum atomic E-state index is 10.9. The monoisotopic (exact) mass is 158 g/mol. The van der Waals surface area contributed by atoms with E-state index in [1.807, 2.05) is 5.38 Å². The number of nitrogens with zero attached hydrogens (tertiary/aromatic N) is 1. The van der Waals surface area contributed by atoms with Gasteiger partial charge in [-0.3, -0.25) is 4.79 Å². The molecule has 0 saturated carbocycles. The summed E-state index contributed by atoms with van der Waals surface area (Å²) >= 11 is 1.22. The second-order valence-corrected chi connectivity index (χ2v) is 2.91. The third-order valence-electron chi connectivity index (χ3n) is 1.40. The second-order valence-electron chi connectivity index (χ2n) is 2.09. The van der Waals surface area contributed by atoms with E-state index in [0.717, 1.165) is 12.1 Å². The van der Waals surface area contributed by atoms with E-state index in [2.05, 4.69) is 0 Å². The van der Waals surface area contributed by atoms with E-state index in [0.29, 0.717) is 6.54 Å². The molecule has 1 heterocycles. The molecule has 1 rings (SSSR count). The van der Waals surface area contributed by atoms with E-state index in [1.54, 1.807) is 11.6 Å². The molecule has 0 aliphatic heterocycles. The summed E-state index contributed by atoms with van der Waals surface area (Å²) in [5, 5.41) is 1.86. The molecular formula is C6H10N2OS. The molecule has 0 aliphatic carbocycles. The van der Waals surface area contributed by atoms with Gasteiger partial charge in [0.25, 0.3) is 0 Å². The van der Waals surface area contributed by atoms with Crippen molar-refractivity contribution in [1.29, 1.82) is 0 Å². The molecule has 1 aromatic heterocycles. The van der Waals surface area contributed by atoms with Crippen LogP contribution in [0.25, 0.3) is 0 Å². The van der Waals surface area contributed by atoms with E-state index in [4.69, 9.17) is 5.73 Å². The van der Waals surface area contributed by atoms with Crippen molar-refractivity contribution >= 4 is 11.3 Å². The van der Waals surface area contributed by atoms with Crippen molar-refractivity contribution in [1.82, 2.24) is 4.57 Å². The molecule has 2 N–H and O–H groups in total. The third-order valence-corrected chi connectivity index (χ3v) is 2.27. The highest BCUT2D eigenvalue weighted by atomic mass is 32.1. The molecule has 0 unspecified atom stereocenters. The number of rotatable bonds is 2.